The smallest absolute Gasteiger partial charge is 0.178 e. The monoisotopic (exact) mass is 351 g/mol. The van der Waals surface area contributed by atoms with Crippen LogP contribution in [0.1, 0.15) is 15.9 Å². The second kappa shape index (κ2) is 7.02. The van der Waals surface area contributed by atoms with Crippen molar-refractivity contribution >= 4 is 33.3 Å². The van der Waals surface area contributed by atoms with E-state index in [0.29, 0.717) is 23.7 Å². The number of hydrogen-bond donors (Lipinski definition) is 0. The minimum atomic E-state index is 0.0325. The number of carbonyl (C=O) groups excluding carboxylic acids is 1. The maximum Gasteiger partial charge on any atom is 0.178 e. The van der Waals surface area contributed by atoms with Crippen LogP contribution in [0.4, 0.5) is 0 Å². The van der Waals surface area contributed by atoms with Crippen LogP contribution in [0.25, 0.3) is 0 Å². The second-order valence-electron chi connectivity index (χ2n) is 4.67. The van der Waals surface area contributed by atoms with Gasteiger partial charge in [0.2, 0.25) is 0 Å². The Morgan fingerprint density at radius 1 is 1.15 bits per heavy atom. The second-order valence-corrected chi connectivity index (χ2v) is 5.93. The van der Waals surface area contributed by atoms with Crippen LogP contribution in [0.2, 0.25) is 5.02 Å². The van der Waals surface area contributed by atoms with Crippen molar-refractivity contribution in [2.45, 2.75) is 6.54 Å². The molecule has 20 heavy (non-hydrogen) atoms. The van der Waals surface area contributed by atoms with Crippen LogP contribution in [0, 0.1) is 0 Å². The standard InChI is InChI=1S/C16H15BrClNO/c1-19(10-12-6-2-4-8-14(12)17)11-16(20)13-7-3-5-9-15(13)18/h2-9H,10-11H2,1H3. The Labute approximate surface area is 132 Å². The molecule has 0 bridgehead atoms. The van der Waals surface area contributed by atoms with Gasteiger partial charge < -0.3 is 0 Å². The molecule has 0 saturated carbocycles. The van der Waals surface area contributed by atoms with E-state index in [1.807, 2.05) is 48.3 Å². The highest BCUT2D eigenvalue weighted by atomic mass is 79.9. The van der Waals surface area contributed by atoms with E-state index in [0.717, 1.165) is 10.0 Å². The summed E-state index contributed by atoms with van der Waals surface area (Å²) >= 11 is 9.56. The van der Waals surface area contributed by atoms with Crippen LogP contribution in [-0.2, 0) is 6.54 Å². The van der Waals surface area contributed by atoms with Crippen molar-refractivity contribution in [2.24, 2.45) is 0 Å². The van der Waals surface area contributed by atoms with Gasteiger partial charge >= 0.3 is 0 Å². The third-order valence-corrected chi connectivity index (χ3v) is 4.09. The zero-order valence-electron chi connectivity index (χ0n) is 11.1. The molecule has 104 valence electrons. The average Bonchev–Trinajstić information content (AvgIpc) is 2.41. The van der Waals surface area contributed by atoms with E-state index in [4.69, 9.17) is 11.6 Å². The number of nitrogens with zero attached hydrogens (tertiary/aromatic N) is 1. The molecule has 0 N–H and O–H groups in total. The highest BCUT2D eigenvalue weighted by Gasteiger charge is 2.13. The fourth-order valence-corrected chi connectivity index (χ4v) is 2.64. The van der Waals surface area contributed by atoms with Gasteiger partial charge in [-0.15, -0.1) is 0 Å². The van der Waals surface area contributed by atoms with Crippen LogP contribution in [0.3, 0.4) is 0 Å². The quantitative estimate of drug-likeness (QED) is 0.743. The molecule has 4 heteroatoms. The zero-order valence-corrected chi connectivity index (χ0v) is 13.5. The van der Waals surface area contributed by atoms with Gasteiger partial charge in [-0.1, -0.05) is 57.9 Å². The van der Waals surface area contributed by atoms with Gasteiger partial charge in [-0.3, -0.25) is 9.69 Å². The molecule has 0 aliphatic rings. The van der Waals surface area contributed by atoms with Gasteiger partial charge in [0.25, 0.3) is 0 Å². The van der Waals surface area contributed by atoms with Crippen molar-refractivity contribution in [3.63, 3.8) is 0 Å². The van der Waals surface area contributed by atoms with E-state index >= 15 is 0 Å². The van der Waals surface area contributed by atoms with E-state index in [9.17, 15) is 4.79 Å². The summed E-state index contributed by atoms with van der Waals surface area (Å²) in [6.07, 6.45) is 0. The number of likely N-dealkylation sites (N-methyl/N-ethyl adjacent to an activating group) is 1. The van der Waals surface area contributed by atoms with Gasteiger partial charge in [0.15, 0.2) is 5.78 Å². The maximum atomic E-state index is 12.2. The zero-order chi connectivity index (χ0) is 14.5. The van der Waals surface area contributed by atoms with Crippen LogP contribution in [0.5, 0.6) is 0 Å². The third-order valence-electron chi connectivity index (χ3n) is 2.99. The predicted molar refractivity (Wildman–Crippen MR) is 86.3 cm³/mol. The molecule has 0 amide bonds. The maximum absolute atomic E-state index is 12.2. The normalized spacial score (nSPS) is 10.8. The molecule has 2 nitrogen and oxygen atoms in total. The molecule has 0 atom stereocenters. The molecule has 0 aromatic heterocycles. The minimum Gasteiger partial charge on any atom is -0.295 e. The summed E-state index contributed by atoms with van der Waals surface area (Å²) in [7, 11) is 1.92. The molecule has 2 aromatic carbocycles. The Hall–Kier alpha value is -1.16. The van der Waals surface area contributed by atoms with Gasteiger partial charge in [0.1, 0.15) is 0 Å². The van der Waals surface area contributed by atoms with E-state index in [2.05, 4.69) is 15.9 Å². The summed E-state index contributed by atoms with van der Waals surface area (Å²) < 4.78 is 1.05. The van der Waals surface area contributed by atoms with Crippen LogP contribution in [-0.4, -0.2) is 24.3 Å². The van der Waals surface area contributed by atoms with Crippen molar-refractivity contribution in [1.82, 2.24) is 4.90 Å². The first-order valence-electron chi connectivity index (χ1n) is 6.27. The van der Waals surface area contributed by atoms with Crippen LogP contribution >= 0.6 is 27.5 Å². The molecule has 0 unspecified atom stereocenters. The van der Waals surface area contributed by atoms with Crippen molar-refractivity contribution < 1.29 is 4.79 Å². The summed E-state index contributed by atoms with van der Waals surface area (Å²) in [5.74, 6) is 0.0325. The van der Waals surface area contributed by atoms with E-state index in [-0.39, 0.29) is 5.78 Å². The molecular weight excluding hydrogens is 338 g/mol. The number of rotatable bonds is 5. The Morgan fingerprint density at radius 2 is 1.80 bits per heavy atom. The fourth-order valence-electron chi connectivity index (χ4n) is 1.99. The lowest BCUT2D eigenvalue weighted by Gasteiger charge is -2.17. The van der Waals surface area contributed by atoms with Crippen molar-refractivity contribution in [1.29, 1.82) is 0 Å². The largest absolute Gasteiger partial charge is 0.295 e. The van der Waals surface area contributed by atoms with Crippen LogP contribution < -0.4 is 0 Å². The third kappa shape index (κ3) is 3.92. The predicted octanol–water partition coefficient (Wildman–Crippen LogP) is 4.42. The molecule has 0 saturated heterocycles. The summed E-state index contributed by atoms with van der Waals surface area (Å²) in [6, 6.07) is 15.2. The average molecular weight is 353 g/mol. The Kier molecular flexibility index (Phi) is 5.35. The molecular formula is C16H15BrClNO. The van der Waals surface area contributed by atoms with Crippen LogP contribution in [0.15, 0.2) is 53.0 Å². The lowest BCUT2D eigenvalue weighted by Crippen LogP contribution is -2.25. The Balaban J connectivity index is 2.02. The first-order chi connectivity index (χ1) is 9.58. The summed E-state index contributed by atoms with van der Waals surface area (Å²) in [5, 5.41) is 0.506. The first-order valence-corrected chi connectivity index (χ1v) is 7.44. The molecule has 0 radical (unpaired) electrons. The molecule has 0 aliphatic carbocycles. The molecule has 0 fully saturated rings. The molecule has 2 rings (SSSR count). The highest BCUT2D eigenvalue weighted by molar-refractivity contribution is 9.10. The lowest BCUT2D eigenvalue weighted by molar-refractivity contribution is 0.0943. The molecule has 2 aromatic rings. The fraction of sp³-hybridized carbons (Fsp3) is 0.188. The van der Waals surface area contributed by atoms with Gasteiger partial charge in [-0.2, -0.15) is 0 Å². The summed E-state index contributed by atoms with van der Waals surface area (Å²) in [6.45, 7) is 1.04. The highest BCUT2D eigenvalue weighted by Crippen LogP contribution is 2.19. The molecule has 0 aliphatic heterocycles. The Bertz CT molecular complexity index is 615. The number of Topliss-reactive ketones (excluding diaryl/α,β-unsaturated/α-hetero) is 1. The van der Waals surface area contributed by atoms with E-state index in [1.165, 1.54) is 0 Å². The van der Waals surface area contributed by atoms with Crippen molar-refractivity contribution in [2.75, 3.05) is 13.6 Å². The topological polar surface area (TPSA) is 20.3 Å². The van der Waals surface area contributed by atoms with Gasteiger partial charge in [0.05, 0.1) is 11.6 Å². The lowest BCUT2D eigenvalue weighted by atomic mass is 10.1. The number of benzene rings is 2. The number of halogens is 2. The number of ketones is 1. The van der Waals surface area contributed by atoms with Gasteiger partial charge in [-0.25, -0.2) is 0 Å². The summed E-state index contributed by atoms with van der Waals surface area (Å²) in [4.78, 5) is 14.2. The number of carbonyl (C=O) groups is 1. The van der Waals surface area contributed by atoms with Gasteiger partial charge in [-0.05, 0) is 30.8 Å². The van der Waals surface area contributed by atoms with E-state index in [1.54, 1.807) is 12.1 Å². The number of hydrogen-bond acceptors (Lipinski definition) is 2. The van der Waals surface area contributed by atoms with Gasteiger partial charge in [0, 0.05) is 16.6 Å². The summed E-state index contributed by atoms with van der Waals surface area (Å²) in [5.41, 5.74) is 1.73. The molecule has 0 heterocycles. The first kappa shape index (κ1) is 15.2. The van der Waals surface area contributed by atoms with E-state index < -0.39 is 0 Å². The minimum absolute atomic E-state index is 0.0325. The molecule has 0 spiro atoms. The van der Waals surface area contributed by atoms with Crippen molar-refractivity contribution in [3.05, 3.63) is 69.2 Å². The van der Waals surface area contributed by atoms with Crippen molar-refractivity contribution in [3.8, 4) is 0 Å². The SMILES string of the molecule is CN(CC(=O)c1ccccc1Cl)Cc1ccccc1Br. The Morgan fingerprint density at radius 3 is 2.50 bits per heavy atom.